The number of alkyl halides is 3. The van der Waals surface area contributed by atoms with Gasteiger partial charge in [0.25, 0.3) is 15.7 Å². The molecule has 11 heteroatoms. The second kappa shape index (κ2) is 8.21. The summed E-state index contributed by atoms with van der Waals surface area (Å²) in [4.78, 5) is 13.6. The maximum Gasteiger partial charge on any atom is 0.501 e. The number of hydrogen-bond acceptors (Lipinski definition) is 5. The smallest absolute Gasteiger partial charge is 0.378 e. The van der Waals surface area contributed by atoms with Gasteiger partial charge in [-0.15, -0.1) is 0 Å². The van der Waals surface area contributed by atoms with Crippen LogP contribution in [0.3, 0.4) is 0 Å². The molecule has 0 unspecified atom stereocenters. The first-order chi connectivity index (χ1) is 13.6. The summed E-state index contributed by atoms with van der Waals surface area (Å²) < 4.78 is 66.1. The fraction of sp³-hybridized carbons (Fsp3) is 0.278. The molecule has 0 saturated carbocycles. The van der Waals surface area contributed by atoms with E-state index in [-0.39, 0.29) is 5.56 Å². The number of nitrogens with zero attached hydrogens (tertiary/aromatic N) is 1. The lowest BCUT2D eigenvalue weighted by atomic mass is 10.2. The number of hydrogen-bond donors (Lipinski definition) is 1. The molecule has 2 aromatic rings. The number of carbonyl (C=O) groups excluding carboxylic acids is 1. The summed E-state index contributed by atoms with van der Waals surface area (Å²) in [7, 11) is -5.47. The Hall–Kier alpha value is -2.30. The molecule has 0 radical (unpaired) electrons. The van der Waals surface area contributed by atoms with Crippen molar-refractivity contribution in [2.24, 2.45) is 0 Å². The minimum Gasteiger partial charge on any atom is -0.378 e. The predicted molar refractivity (Wildman–Crippen MR) is 102 cm³/mol. The number of morpholine rings is 1. The molecule has 2 aromatic carbocycles. The third-order valence-corrected chi connectivity index (χ3v) is 6.03. The van der Waals surface area contributed by atoms with Crippen molar-refractivity contribution >= 4 is 38.7 Å². The summed E-state index contributed by atoms with van der Waals surface area (Å²) in [5.41, 5.74) is -4.26. The van der Waals surface area contributed by atoms with E-state index in [1.165, 1.54) is 0 Å². The lowest BCUT2D eigenvalue weighted by Crippen LogP contribution is -2.36. The quantitative estimate of drug-likeness (QED) is 0.771. The maximum atomic E-state index is 12.6. The summed E-state index contributed by atoms with van der Waals surface area (Å²) in [5, 5.41) is 3.07. The third kappa shape index (κ3) is 4.65. The van der Waals surface area contributed by atoms with Crippen LogP contribution in [0.4, 0.5) is 24.5 Å². The van der Waals surface area contributed by atoms with Crippen molar-refractivity contribution in [3.05, 3.63) is 53.1 Å². The number of rotatable bonds is 4. The summed E-state index contributed by atoms with van der Waals surface area (Å²) in [6, 6.07) is 8.53. The van der Waals surface area contributed by atoms with Crippen LogP contribution in [-0.4, -0.2) is 46.1 Å². The van der Waals surface area contributed by atoms with Crippen LogP contribution in [0, 0.1) is 0 Å². The molecule has 0 aliphatic carbocycles. The Balaban J connectivity index is 1.83. The van der Waals surface area contributed by atoms with Crippen LogP contribution in [0.15, 0.2) is 47.4 Å². The van der Waals surface area contributed by atoms with Gasteiger partial charge in [-0.1, -0.05) is 11.6 Å². The van der Waals surface area contributed by atoms with E-state index in [4.69, 9.17) is 16.3 Å². The van der Waals surface area contributed by atoms with Crippen LogP contribution < -0.4 is 10.2 Å². The molecule has 0 aromatic heterocycles. The van der Waals surface area contributed by atoms with Gasteiger partial charge in [-0.2, -0.15) is 13.2 Å². The first kappa shape index (κ1) is 21.4. The molecule has 1 aliphatic heterocycles. The highest BCUT2D eigenvalue weighted by Gasteiger charge is 2.46. The van der Waals surface area contributed by atoms with E-state index < -0.39 is 26.1 Å². The minimum absolute atomic E-state index is 0.000900. The number of nitrogens with one attached hydrogen (secondary N) is 1. The van der Waals surface area contributed by atoms with Crippen LogP contribution in [0.2, 0.25) is 5.02 Å². The molecule has 3 rings (SSSR count). The van der Waals surface area contributed by atoms with E-state index >= 15 is 0 Å². The molecular formula is C18H16ClF3N2O4S. The van der Waals surface area contributed by atoms with Gasteiger partial charge in [0.15, 0.2) is 0 Å². The van der Waals surface area contributed by atoms with Crippen molar-refractivity contribution in [2.75, 3.05) is 36.5 Å². The van der Waals surface area contributed by atoms with Gasteiger partial charge in [-0.05, 0) is 42.5 Å². The molecule has 1 amide bonds. The molecule has 1 saturated heterocycles. The molecule has 1 heterocycles. The topological polar surface area (TPSA) is 75.7 Å². The molecule has 0 spiro atoms. The average Bonchev–Trinajstić information content (AvgIpc) is 2.68. The van der Waals surface area contributed by atoms with Gasteiger partial charge in [0, 0.05) is 23.7 Å². The van der Waals surface area contributed by atoms with Crippen LogP contribution >= 0.6 is 11.6 Å². The van der Waals surface area contributed by atoms with E-state index in [1.807, 2.05) is 4.90 Å². The number of halogens is 4. The SMILES string of the molecule is O=C(Nc1cc(Cl)ccc1N1CCOCC1)c1ccc(S(=O)(=O)C(F)(F)F)cc1. The van der Waals surface area contributed by atoms with Crippen molar-refractivity contribution in [2.45, 2.75) is 10.4 Å². The molecule has 1 fully saturated rings. The zero-order valence-electron chi connectivity index (χ0n) is 14.9. The Kier molecular flexibility index (Phi) is 6.06. The second-order valence-electron chi connectivity index (χ2n) is 6.19. The largest absolute Gasteiger partial charge is 0.501 e. The Morgan fingerprint density at radius 1 is 1.07 bits per heavy atom. The zero-order chi connectivity index (χ0) is 21.2. The van der Waals surface area contributed by atoms with Gasteiger partial charge in [0.1, 0.15) is 0 Å². The van der Waals surface area contributed by atoms with Crippen LogP contribution in [0.1, 0.15) is 10.4 Å². The highest BCUT2D eigenvalue weighted by atomic mass is 35.5. The highest BCUT2D eigenvalue weighted by Crippen LogP contribution is 2.32. The Labute approximate surface area is 170 Å². The number of benzene rings is 2. The standard InChI is InChI=1S/C18H16ClF3N2O4S/c19-13-3-6-16(24-7-9-28-10-8-24)15(11-13)23-17(25)12-1-4-14(5-2-12)29(26,27)18(20,21)22/h1-6,11H,7-10H2,(H,23,25). The van der Waals surface area contributed by atoms with Gasteiger partial charge in [-0.3, -0.25) is 4.79 Å². The van der Waals surface area contributed by atoms with Crippen molar-refractivity contribution in [3.8, 4) is 0 Å². The van der Waals surface area contributed by atoms with Gasteiger partial charge in [0.05, 0.1) is 29.5 Å². The summed E-state index contributed by atoms with van der Waals surface area (Å²) in [6.07, 6.45) is 0. The lowest BCUT2D eigenvalue weighted by molar-refractivity contribution is -0.0436. The number of amides is 1. The molecule has 156 valence electrons. The third-order valence-electron chi connectivity index (χ3n) is 4.29. The second-order valence-corrected chi connectivity index (χ2v) is 8.57. The van der Waals surface area contributed by atoms with E-state index in [9.17, 15) is 26.4 Å². The van der Waals surface area contributed by atoms with E-state index in [1.54, 1.807) is 18.2 Å². The van der Waals surface area contributed by atoms with E-state index in [0.29, 0.717) is 37.0 Å². The van der Waals surface area contributed by atoms with Crippen molar-refractivity contribution in [1.29, 1.82) is 0 Å². The van der Waals surface area contributed by atoms with Crippen LogP contribution in [-0.2, 0) is 14.6 Å². The van der Waals surface area contributed by atoms with Gasteiger partial charge < -0.3 is 15.0 Å². The van der Waals surface area contributed by atoms with Crippen molar-refractivity contribution in [3.63, 3.8) is 0 Å². The van der Waals surface area contributed by atoms with Crippen molar-refractivity contribution < 1.29 is 31.1 Å². The maximum absolute atomic E-state index is 12.6. The number of sulfone groups is 1. The molecular weight excluding hydrogens is 433 g/mol. The molecule has 0 atom stereocenters. The predicted octanol–water partition coefficient (Wildman–Crippen LogP) is 3.72. The van der Waals surface area contributed by atoms with Gasteiger partial charge in [-0.25, -0.2) is 8.42 Å². The molecule has 6 nitrogen and oxygen atoms in total. The lowest BCUT2D eigenvalue weighted by Gasteiger charge is -2.30. The zero-order valence-corrected chi connectivity index (χ0v) is 16.4. The van der Waals surface area contributed by atoms with Gasteiger partial charge in [0.2, 0.25) is 0 Å². The minimum atomic E-state index is -5.47. The molecule has 1 aliphatic rings. The number of carbonyl (C=O) groups is 1. The van der Waals surface area contributed by atoms with E-state index in [0.717, 1.165) is 30.0 Å². The number of anilines is 2. The molecule has 1 N–H and O–H groups in total. The Morgan fingerprint density at radius 3 is 2.28 bits per heavy atom. The average molecular weight is 449 g/mol. The van der Waals surface area contributed by atoms with Crippen LogP contribution in [0.5, 0.6) is 0 Å². The van der Waals surface area contributed by atoms with Gasteiger partial charge >= 0.3 is 5.51 Å². The molecule has 29 heavy (non-hydrogen) atoms. The summed E-state index contributed by atoms with van der Waals surface area (Å²) >= 11 is 6.03. The first-order valence-corrected chi connectivity index (χ1v) is 10.3. The van der Waals surface area contributed by atoms with Crippen LogP contribution in [0.25, 0.3) is 0 Å². The van der Waals surface area contributed by atoms with Crippen molar-refractivity contribution in [1.82, 2.24) is 0 Å². The Bertz CT molecular complexity index is 1000. The highest BCUT2D eigenvalue weighted by molar-refractivity contribution is 7.92. The first-order valence-electron chi connectivity index (χ1n) is 8.44. The van der Waals surface area contributed by atoms with E-state index in [2.05, 4.69) is 5.32 Å². The normalized spacial score (nSPS) is 15.2. The number of ether oxygens (including phenoxy) is 1. The Morgan fingerprint density at radius 2 is 1.69 bits per heavy atom. The fourth-order valence-corrected chi connectivity index (χ4v) is 3.74. The summed E-state index contributed by atoms with van der Waals surface area (Å²) in [5.74, 6) is -0.613. The summed E-state index contributed by atoms with van der Waals surface area (Å²) in [6.45, 7) is 2.30. The monoisotopic (exact) mass is 448 g/mol. The fourth-order valence-electron chi connectivity index (χ4n) is 2.80. The molecule has 0 bridgehead atoms.